The molecule has 0 saturated carbocycles. The Morgan fingerprint density at radius 3 is 1.00 bits per heavy atom. The van der Waals surface area contributed by atoms with Crippen LogP contribution >= 0.6 is 0 Å². The van der Waals surface area contributed by atoms with Gasteiger partial charge in [-0.25, -0.2) is 0 Å². The number of nitrogens with one attached hydrogen (secondary N) is 1. The molecule has 0 heterocycles. The maximum atomic E-state index is 3.81. The molecule has 1 heteroatoms. The fourth-order valence-corrected chi connectivity index (χ4v) is 3.63. The SMILES string of the molecule is CC(C)(C)c1ccc(Nc2ccc(C(C)(C)C)cc2C(C)(C)C)c(C(C)(C)C)c1. The number of hydrogen-bond donors (Lipinski definition) is 1. The molecule has 0 aliphatic carbocycles. The molecule has 0 radical (unpaired) electrons. The molecule has 0 aliphatic heterocycles. The van der Waals surface area contributed by atoms with Gasteiger partial charge in [0.15, 0.2) is 0 Å². The standard InChI is InChI=1S/C28H43N/c1-25(2,3)19-13-15-23(21(17-19)27(7,8)9)29-24-16-14-20(26(4,5)6)18-22(24)28(10,11)12/h13-18,29H,1-12H3. The zero-order valence-electron chi connectivity index (χ0n) is 21.0. The van der Waals surface area contributed by atoms with Crippen LogP contribution in [0.5, 0.6) is 0 Å². The van der Waals surface area contributed by atoms with Crippen molar-refractivity contribution in [1.82, 2.24) is 0 Å². The normalized spacial score (nSPS) is 13.5. The van der Waals surface area contributed by atoms with Crippen LogP contribution in [0.25, 0.3) is 0 Å². The Morgan fingerprint density at radius 1 is 0.448 bits per heavy atom. The summed E-state index contributed by atoms with van der Waals surface area (Å²) in [5.74, 6) is 0. The van der Waals surface area contributed by atoms with Crippen LogP contribution in [0, 0.1) is 0 Å². The number of rotatable bonds is 2. The predicted molar refractivity (Wildman–Crippen MR) is 131 cm³/mol. The largest absolute Gasteiger partial charge is 0.355 e. The van der Waals surface area contributed by atoms with Gasteiger partial charge in [-0.2, -0.15) is 0 Å². The van der Waals surface area contributed by atoms with Crippen LogP contribution in [-0.2, 0) is 21.7 Å². The molecule has 0 atom stereocenters. The lowest BCUT2D eigenvalue weighted by atomic mass is 9.79. The summed E-state index contributed by atoms with van der Waals surface area (Å²) < 4.78 is 0. The first-order valence-electron chi connectivity index (χ1n) is 11.0. The second kappa shape index (κ2) is 7.49. The van der Waals surface area contributed by atoms with E-state index in [-0.39, 0.29) is 21.7 Å². The highest BCUT2D eigenvalue weighted by molar-refractivity contribution is 5.69. The Hall–Kier alpha value is -1.76. The Bertz CT molecular complexity index is 786. The van der Waals surface area contributed by atoms with Crippen molar-refractivity contribution in [3.63, 3.8) is 0 Å². The van der Waals surface area contributed by atoms with Gasteiger partial charge < -0.3 is 5.32 Å². The van der Waals surface area contributed by atoms with Gasteiger partial charge >= 0.3 is 0 Å². The van der Waals surface area contributed by atoms with E-state index in [0.29, 0.717) is 0 Å². The average Bonchev–Trinajstić information content (AvgIpc) is 2.51. The zero-order valence-corrected chi connectivity index (χ0v) is 21.0. The highest BCUT2D eigenvalue weighted by Crippen LogP contribution is 2.39. The molecular weight excluding hydrogens is 350 g/mol. The van der Waals surface area contributed by atoms with E-state index >= 15 is 0 Å². The molecule has 0 aromatic heterocycles. The molecule has 0 fully saturated rings. The highest BCUT2D eigenvalue weighted by atomic mass is 14.9. The molecule has 29 heavy (non-hydrogen) atoms. The van der Waals surface area contributed by atoms with Crippen molar-refractivity contribution in [1.29, 1.82) is 0 Å². The second-order valence-corrected chi connectivity index (χ2v) is 12.6. The van der Waals surface area contributed by atoms with Crippen molar-refractivity contribution in [2.45, 2.75) is 105 Å². The summed E-state index contributed by atoms with van der Waals surface area (Å²) in [5, 5.41) is 3.81. The van der Waals surface area contributed by atoms with Crippen LogP contribution in [0.15, 0.2) is 36.4 Å². The van der Waals surface area contributed by atoms with Gasteiger partial charge in [-0.05, 0) is 56.0 Å². The lowest BCUT2D eigenvalue weighted by molar-refractivity contribution is 0.568. The van der Waals surface area contributed by atoms with Gasteiger partial charge in [-0.3, -0.25) is 0 Å². The molecule has 2 aromatic carbocycles. The zero-order chi connectivity index (χ0) is 22.4. The van der Waals surface area contributed by atoms with Crippen LogP contribution in [-0.4, -0.2) is 0 Å². The van der Waals surface area contributed by atoms with E-state index in [9.17, 15) is 0 Å². The van der Waals surface area contributed by atoms with Crippen molar-refractivity contribution in [2.24, 2.45) is 0 Å². The minimum atomic E-state index is 0.0663. The summed E-state index contributed by atoms with van der Waals surface area (Å²) in [6.07, 6.45) is 0. The molecule has 160 valence electrons. The fraction of sp³-hybridized carbons (Fsp3) is 0.571. The van der Waals surface area contributed by atoms with E-state index in [2.05, 4.69) is 125 Å². The van der Waals surface area contributed by atoms with Crippen LogP contribution in [0.2, 0.25) is 0 Å². The highest BCUT2D eigenvalue weighted by Gasteiger charge is 2.25. The third kappa shape index (κ3) is 5.65. The first-order valence-corrected chi connectivity index (χ1v) is 11.0. The Balaban J connectivity index is 2.62. The van der Waals surface area contributed by atoms with Crippen LogP contribution in [0.4, 0.5) is 11.4 Å². The predicted octanol–water partition coefficient (Wildman–Crippen LogP) is 8.62. The third-order valence-corrected chi connectivity index (χ3v) is 5.66. The molecule has 0 aliphatic rings. The number of benzene rings is 2. The summed E-state index contributed by atoms with van der Waals surface area (Å²) in [4.78, 5) is 0. The van der Waals surface area contributed by atoms with Crippen LogP contribution in [0.1, 0.15) is 105 Å². The summed E-state index contributed by atoms with van der Waals surface area (Å²) in [7, 11) is 0. The van der Waals surface area contributed by atoms with Crippen LogP contribution < -0.4 is 5.32 Å². The first-order chi connectivity index (χ1) is 12.9. The minimum Gasteiger partial charge on any atom is -0.355 e. The molecule has 0 spiro atoms. The third-order valence-electron chi connectivity index (χ3n) is 5.66. The molecule has 1 N–H and O–H groups in total. The summed E-state index contributed by atoms with van der Waals surface area (Å²) in [5.41, 5.74) is 8.33. The van der Waals surface area contributed by atoms with Gasteiger partial charge in [0, 0.05) is 11.4 Å². The summed E-state index contributed by atoms with van der Waals surface area (Å²) in [6.45, 7) is 27.5. The molecule has 0 amide bonds. The van der Waals surface area contributed by atoms with Crippen molar-refractivity contribution in [3.8, 4) is 0 Å². The van der Waals surface area contributed by atoms with Crippen molar-refractivity contribution >= 4 is 11.4 Å². The molecular formula is C28H43N. The van der Waals surface area contributed by atoms with Gasteiger partial charge in [0.1, 0.15) is 0 Å². The van der Waals surface area contributed by atoms with Crippen LogP contribution in [0.3, 0.4) is 0 Å². The van der Waals surface area contributed by atoms with Crippen molar-refractivity contribution in [2.75, 3.05) is 5.32 Å². The smallest absolute Gasteiger partial charge is 0.0422 e. The van der Waals surface area contributed by atoms with Gasteiger partial charge in [-0.15, -0.1) is 0 Å². The number of anilines is 2. The van der Waals surface area contributed by atoms with Gasteiger partial charge in [-0.1, -0.05) is 107 Å². The number of hydrogen-bond acceptors (Lipinski definition) is 1. The van der Waals surface area contributed by atoms with E-state index < -0.39 is 0 Å². The fourth-order valence-electron chi connectivity index (χ4n) is 3.63. The Morgan fingerprint density at radius 2 is 0.759 bits per heavy atom. The molecule has 0 unspecified atom stereocenters. The average molecular weight is 394 g/mol. The minimum absolute atomic E-state index is 0.0663. The topological polar surface area (TPSA) is 12.0 Å². The summed E-state index contributed by atoms with van der Waals surface area (Å²) >= 11 is 0. The van der Waals surface area contributed by atoms with Crippen molar-refractivity contribution in [3.05, 3.63) is 58.7 Å². The van der Waals surface area contributed by atoms with Gasteiger partial charge in [0.25, 0.3) is 0 Å². The molecule has 2 aromatic rings. The first kappa shape index (κ1) is 23.5. The molecule has 0 bridgehead atoms. The molecule has 1 nitrogen and oxygen atoms in total. The van der Waals surface area contributed by atoms with E-state index in [1.165, 1.54) is 33.6 Å². The molecule has 2 rings (SSSR count). The summed E-state index contributed by atoms with van der Waals surface area (Å²) in [6, 6.07) is 13.9. The van der Waals surface area contributed by atoms with E-state index in [4.69, 9.17) is 0 Å². The Labute approximate surface area is 180 Å². The second-order valence-electron chi connectivity index (χ2n) is 12.6. The van der Waals surface area contributed by atoms with Crippen molar-refractivity contribution < 1.29 is 0 Å². The van der Waals surface area contributed by atoms with E-state index in [1.54, 1.807) is 0 Å². The van der Waals surface area contributed by atoms with E-state index in [0.717, 1.165) is 0 Å². The molecule has 0 saturated heterocycles. The quantitative estimate of drug-likeness (QED) is 0.538. The van der Waals surface area contributed by atoms with Gasteiger partial charge in [0.2, 0.25) is 0 Å². The maximum Gasteiger partial charge on any atom is 0.0422 e. The van der Waals surface area contributed by atoms with Gasteiger partial charge in [0.05, 0.1) is 0 Å². The maximum absolute atomic E-state index is 3.81. The Kier molecular flexibility index (Phi) is 6.07. The lowest BCUT2D eigenvalue weighted by Gasteiger charge is -2.30. The lowest BCUT2D eigenvalue weighted by Crippen LogP contribution is -2.20. The monoisotopic (exact) mass is 393 g/mol. The van der Waals surface area contributed by atoms with E-state index in [1.807, 2.05) is 0 Å².